The van der Waals surface area contributed by atoms with E-state index in [1.165, 1.54) is 0 Å². The topological polar surface area (TPSA) is 85.2 Å². The molecule has 6 nitrogen and oxygen atoms in total. The predicted molar refractivity (Wildman–Crippen MR) is 90.4 cm³/mol. The zero-order valence-electron chi connectivity index (χ0n) is 14.5. The number of rotatable bonds is 13. The fourth-order valence-corrected chi connectivity index (χ4v) is 2.46. The summed E-state index contributed by atoms with van der Waals surface area (Å²) < 4.78 is 15.7. The Balaban J connectivity index is 1.94. The molecule has 0 spiro atoms. The van der Waals surface area contributed by atoms with Crippen molar-refractivity contribution in [2.24, 2.45) is 0 Å². The van der Waals surface area contributed by atoms with Crippen LogP contribution in [0.25, 0.3) is 0 Å². The third kappa shape index (κ3) is 10.8. The highest BCUT2D eigenvalue weighted by molar-refractivity contribution is 5.69. The summed E-state index contributed by atoms with van der Waals surface area (Å²) in [4.78, 5) is 11.6. The van der Waals surface area contributed by atoms with Crippen molar-refractivity contribution < 1.29 is 29.2 Å². The lowest BCUT2D eigenvalue weighted by atomic mass is 10.1. The van der Waals surface area contributed by atoms with E-state index >= 15 is 0 Å². The molecule has 24 heavy (non-hydrogen) atoms. The lowest BCUT2D eigenvalue weighted by Gasteiger charge is -2.26. The molecule has 1 saturated heterocycles. The Kier molecular flexibility index (Phi) is 11.7. The number of unbranched alkanes of at least 4 members (excludes halogenated alkanes) is 5. The number of aliphatic hydroxyl groups is 2. The highest BCUT2D eigenvalue weighted by Crippen LogP contribution is 2.14. The van der Waals surface area contributed by atoms with Gasteiger partial charge in [0.1, 0.15) is 12.7 Å². The largest absolute Gasteiger partial charge is 0.463 e. The summed E-state index contributed by atoms with van der Waals surface area (Å²) in [7, 11) is 0. The first kappa shape index (κ1) is 21.1. The maximum absolute atomic E-state index is 11.6. The van der Waals surface area contributed by atoms with Crippen molar-refractivity contribution >= 4 is 5.97 Å². The van der Waals surface area contributed by atoms with Crippen LogP contribution in [-0.2, 0) is 19.0 Å². The molecule has 0 unspecified atom stereocenters. The number of esters is 1. The molecule has 6 heteroatoms. The third-order valence-corrected chi connectivity index (χ3v) is 3.91. The van der Waals surface area contributed by atoms with Gasteiger partial charge in [0.2, 0.25) is 0 Å². The average Bonchev–Trinajstić information content (AvgIpc) is 2.58. The standard InChI is InChI=1S/C18H32O6/c1-2-3-4-5-6-7-8-9-17(21)22-13-16(20)14-24-18-11-10-15(19)12-23-18/h2,15-16,18-20H,1,3-14H2/t15-,16-,18+/m1/s1. The van der Waals surface area contributed by atoms with Crippen molar-refractivity contribution in [2.75, 3.05) is 19.8 Å². The van der Waals surface area contributed by atoms with E-state index in [0.717, 1.165) is 38.5 Å². The first-order valence-electron chi connectivity index (χ1n) is 8.97. The minimum atomic E-state index is -0.858. The van der Waals surface area contributed by atoms with Gasteiger partial charge in [-0.3, -0.25) is 4.79 Å². The predicted octanol–water partition coefficient (Wildman–Crippen LogP) is 2.32. The summed E-state index contributed by atoms with van der Waals surface area (Å²) >= 11 is 0. The lowest BCUT2D eigenvalue weighted by Crippen LogP contribution is -2.34. The van der Waals surface area contributed by atoms with Gasteiger partial charge in [-0.2, -0.15) is 0 Å². The zero-order valence-corrected chi connectivity index (χ0v) is 14.5. The molecule has 1 aliphatic heterocycles. The quantitative estimate of drug-likeness (QED) is 0.303. The molecule has 0 radical (unpaired) electrons. The van der Waals surface area contributed by atoms with Crippen LogP contribution in [0, 0.1) is 0 Å². The molecule has 0 bridgehead atoms. The first-order chi connectivity index (χ1) is 11.6. The number of hydrogen-bond donors (Lipinski definition) is 2. The molecule has 0 aromatic carbocycles. The third-order valence-electron chi connectivity index (χ3n) is 3.91. The molecule has 1 aliphatic rings. The summed E-state index contributed by atoms with van der Waals surface area (Å²) in [5, 5.41) is 19.1. The maximum atomic E-state index is 11.6. The summed E-state index contributed by atoms with van der Waals surface area (Å²) in [6.45, 7) is 3.93. The van der Waals surface area contributed by atoms with Crippen molar-refractivity contribution in [1.82, 2.24) is 0 Å². The van der Waals surface area contributed by atoms with Gasteiger partial charge < -0.3 is 24.4 Å². The van der Waals surface area contributed by atoms with Crippen LogP contribution in [0.4, 0.5) is 0 Å². The summed E-state index contributed by atoms with van der Waals surface area (Å²) in [5.41, 5.74) is 0. The Bertz CT molecular complexity index is 338. The van der Waals surface area contributed by atoms with Crippen LogP contribution >= 0.6 is 0 Å². The number of ether oxygens (including phenoxy) is 3. The minimum Gasteiger partial charge on any atom is -0.463 e. The van der Waals surface area contributed by atoms with Gasteiger partial charge >= 0.3 is 5.97 Å². The molecular formula is C18H32O6. The molecular weight excluding hydrogens is 312 g/mol. The molecule has 0 aromatic rings. The monoisotopic (exact) mass is 344 g/mol. The van der Waals surface area contributed by atoms with Crippen molar-refractivity contribution in [2.45, 2.75) is 76.3 Å². The van der Waals surface area contributed by atoms with Crippen LogP contribution in [0.2, 0.25) is 0 Å². The molecule has 0 aliphatic carbocycles. The van der Waals surface area contributed by atoms with Gasteiger partial charge in [-0.05, 0) is 25.7 Å². The van der Waals surface area contributed by atoms with E-state index in [0.29, 0.717) is 19.3 Å². The fraction of sp³-hybridized carbons (Fsp3) is 0.833. The van der Waals surface area contributed by atoms with E-state index in [1.807, 2.05) is 6.08 Å². The van der Waals surface area contributed by atoms with E-state index in [-0.39, 0.29) is 25.8 Å². The second-order valence-corrected chi connectivity index (χ2v) is 6.26. The first-order valence-corrected chi connectivity index (χ1v) is 8.97. The molecule has 1 heterocycles. The Labute approximate surface area is 144 Å². The zero-order chi connectivity index (χ0) is 17.6. The Hall–Kier alpha value is -0.950. The molecule has 3 atom stereocenters. The van der Waals surface area contributed by atoms with Crippen LogP contribution in [0.3, 0.4) is 0 Å². The molecule has 0 amide bonds. The second kappa shape index (κ2) is 13.4. The molecule has 2 N–H and O–H groups in total. The maximum Gasteiger partial charge on any atom is 0.305 e. The molecule has 1 fully saturated rings. The van der Waals surface area contributed by atoms with Gasteiger partial charge in [0, 0.05) is 12.8 Å². The smallest absolute Gasteiger partial charge is 0.305 e. The SMILES string of the molecule is C=CCCCCCCCC(=O)OC[C@@H](O)CO[C@H]1CC[C@@H](O)CO1. The van der Waals surface area contributed by atoms with E-state index in [1.54, 1.807) is 0 Å². The summed E-state index contributed by atoms with van der Waals surface area (Å²) in [6, 6.07) is 0. The molecule has 1 rings (SSSR count). The van der Waals surface area contributed by atoms with Gasteiger partial charge in [-0.15, -0.1) is 6.58 Å². The molecule has 140 valence electrons. The summed E-state index contributed by atoms with van der Waals surface area (Å²) in [5.74, 6) is -0.280. The fourth-order valence-electron chi connectivity index (χ4n) is 2.46. The van der Waals surface area contributed by atoms with Gasteiger partial charge in [0.25, 0.3) is 0 Å². The number of aliphatic hydroxyl groups excluding tert-OH is 2. The normalized spacial score (nSPS) is 22.1. The number of hydrogen-bond acceptors (Lipinski definition) is 6. The Morgan fingerprint density at radius 2 is 1.96 bits per heavy atom. The Morgan fingerprint density at radius 1 is 1.21 bits per heavy atom. The highest BCUT2D eigenvalue weighted by atomic mass is 16.7. The highest BCUT2D eigenvalue weighted by Gasteiger charge is 2.21. The summed E-state index contributed by atoms with van der Waals surface area (Å²) in [6.07, 6.45) is 8.17. The van der Waals surface area contributed by atoms with E-state index in [9.17, 15) is 15.0 Å². The van der Waals surface area contributed by atoms with Crippen LogP contribution in [0.1, 0.15) is 57.8 Å². The van der Waals surface area contributed by atoms with Gasteiger partial charge in [-0.25, -0.2) is 0 Å². The van der Waals surface area contributed by atoms with E-state index in [4.69, 9.17) is 14.2 Å². The van der Waals surface area contributed by atoms with E-state index in [2.05, 4.69) is 6.58 Å². The van der Waals surface area contributed by atoms with Crippen molar-refractivity contribution in [3.8, 4) is 0 Å². The number of carbonyl (C=O) groups excluding carboxylic acids is 1. The van der Waals surface area contributed by atoms with Crippen molar-refractivity contribution in [3.63, 3.8) is 0 Å². The average molecular weight is 344 g/mol. The minimum absolute atomic E-state index is 0.0529. The van der Waals surface area contributed by atoms with Crippen LogP contribution in [0.5, 0.6) is 0 Å². The number of allylic oxidation sites excluding steroid dienone is 1. The van der Waals surface area contributed by atoms with Crippen LogP contribution < -0.4 is 0 Å². The van der Waals surface area contributed by atoms with Crippen LogP contribution in [-0.4, -0.2) is 54.5 Å². The van der Waals surface area contributed by atoms with E-state index < -0.39 is 18.5 Å². The molecule has 0 saturated carbocycles. The number of carbonyl (C=O) groups is 1. The van der Waals surface area contributed by atoms with Gasteiger partial charge in [0.05, 0.1) is 19.3 Å². The van der Waals surface area contributed by atoms with Crippen LogP contribution in [0.15, 0.2) is 12.7 Å². The van der Waals surface area contributed by atoms with Gasteiger partial charge in [-0.1, -0.05) is 25.3 Å². The lowest BCUT2D eigenvalue weighted by molar-refractivity contribution is -0.199. The Morgan fingerprint density at radius 3 is 2.67 bits per heavy atom. The van der Waals surface area contributed by atoms with Crippen molar-refractivity contribution in [1.29, 1.82) is 0 Å². The molecule has 0 aromatic heterocycles. The second-order valence-electron chi connectivity index (χ2n) is 6.26. The van der Waals surface area contributed by atoms with Gasteiger partial charge in [0.15, 0.2) is 6.29 Å². The van der Waals surface area contributed by atoms with Crippen molar-refractivity contribution in [3.05, 3.63) is 12.7 Å².